The first kappa shape index (κ1) is 13.6. The lowest BCUT2D eigenvalue weighted by Gasteiger charge is -2.26. The maximum atomic E-state index is 3.74. The molecule has 2 fully saturated rings. The lowest BCUT2D eigenvalue weighted by atomic mass is 9.84. The Morgan fingerprint density at radius 3 is 2.68 bits per heavy atom. The van der Waals surface area contributed by atoms with Gasteiger partial charge in [0.2, 0.25) is 0 Å². The standard InChI is InChI=1S/C17H27NS/c1-4-18-16(17-7-11(2)12(3)19-17)10-15-9-13-5-6-14(15)8-13/h7,13-16,18H,4-6,8-10H2,1-3H3. The van der Waals surface area contributed by atoms with E-state index in [2.05, 4.69) is 32.2 Å². The summed E-state index contributed by atoms with van der Waals surface area (Å²) in [5, 5.41) is 3.74. The van der Waals surface area contributed by atoms with Crippen molar-refractivity contribution >= 4 is 11.3 Å². The van der Waals surface area contributed by atoms with Crippen LogP contribution in [0.15, 0.2) is 6.07 Å². The predicted molar refractivity (Wildman–Crippen MR) is 83.8 cm³/mol. The van der Waals surface area contributed by atoms with Crippen LogP contribution in [0.1, 0.15) is 60.4 Å². The van der Waals surface area contributed by atoms with Crippen LogP contribution in [0, 0.1) is 31.6 Å². The summed E-state index contributed by atoms with van der Waals surface area (Å²) >= 11 is 2.00. The fraction of sp³-hybridized carbons (Fsp3) is 0.765. The van der Waals surface area contributed by atoms with Gasteiger partial charge in [0.15, 0.2) is 0 Å². The van der Waals surface area contributed by atoms with E-state index in [-0.39, 0.29) is 0 Å². The van der Waals surface area contributed by atoms with Gasteiger partial charge in [0.05, 0.1) is 0 Å². The zero-order valence-corrected chi connectivity index (χ0v) is 13.4. The van der Waals surface area contributed by atoms with Crippen LogP contribution in [0.2, 0.25) is 0 Å². The molecule has 19 heavy (non-hydrogen) atoms. The number of hydrogen-bond donors (Lipinski definition) is 1. The fourth-order valence-electron chi connectivity index (χ4n) is 4.29. The summed E-state index contributed by atoms with van der Waals surface area (Å²) in [7, 11) is 0. The predicted octanol–water partition coefficient (Wildman–Crippen LogP) is 4.84. The Morgan fingerprint density at radius 2 is 2.16 bits per heavy atom. The molecule has 4 unspecified atom stereocenters. The minimum Gasteiger partial charge on any atom is -0.310 e. The van der Waals surface area contributed by atoms with Crippen LogP contribution in [0.5, 0.6) is 0 Å². The summed E-state index contributed by atoms with van der Waals surface area (Å²) < 4.78 is 0. The van der Waals surface area contributed by atoms with Crippen LogP contribution >= 0.6 is 11.3 Å². The smallest absolute Gasteiger partial charge is 0.0417 e. The van der Waals surface area contributed by atoms with Gasteiger partial charge in [0, 0.05) is 15.8 Å². The van der Waals surface area contributed by atoms with Gasteiger partial charge < -0.3 is 5.32 Å². The summed E-state index contributed by atoms with van der Waals surface area (Å²) in [6.07, 6.45) is 7.44. The van der Waals surface area contributed by atoms with Gasteiger partial charge >= 0.3 is 0 Å². The Hall–Kier alpha value is -0.340. The van der Waals surface area contributed by atoms with Crippen LogP contribution in [-0.4, -0.2) is 6.54 Å². The second-order valence-electron chi connectivity index (χ2n) is 6.67. The Labute approximate surface area is 121 Å². The van der Waals surface area contributed by atoms with Gasteiger partial charge in [-0.05, 0) is 75.5 Å². The molecule has 2 saturated carbocycles. The largest absolute Gasteiger partial charge is 0.310 e. The van der Waals surface area contributed by atoms with Gasteiger partial charge in [0.25, 0.3) is 0 Å². The van der Waals surface area contributed by atoms with Crippen molar-refractivity contribution in [2.75, 3.05) is 6.54 Å². The van der Waals surface area contributed by atoms with Gasteiger partial charge in [-0.25, -0.2) is 0 Å². The maximum Gasteiger partial charge on any atom is 0.0417 e. The molecule has 0 radical (unpaired) electrons. The molecule has 0 aliphatic heterocycles. The average Bonchev–Trinajstić information content (AvgIpc) is 3.06. The van der Waals surface area contributed by atoms with Crippen molar-refractivity contribution in [2.45, 2.75) is 58.9 Å². The molecule has 3 rings (SSSR count). The van der Waals surface area contributed by atoms with E-state index < -0.39 is 0 Å². The third-order valence-corrected chi connectivity index (χ3v) is 6.67. The maximum absolute atomic E-state index is 3.74. The number of rotatable bonds is 5. The lowest BCUT2D eigenvalue weighted by molar-refractivity contribution is 0.282. The van der Waals surface area contributed by atoms with Gasteiger partial charge in [0.1, 0.15) is 0 Å². The van der Waals surface area contributed by atoms with E-state index in [1.807, 2.05) is 11.3 Å². The zero-order valence-electron chi connectivity index (χ0n) is 12.5. The molecule has 1 heterocycles. The number of hydrogen-bond acceptors (Lipinski definition) is 2. The highest BCUT2D eigenvalue weighted by molar-refractivity contribution is 7.12. The molecule has 2 bridgehead atoms. The minimum absolute atomic E-state index is 0.603. The third kappa shape index (κ3) is 2.75. The van der Waals surface area contributed by atoms with Crippen molar-refractivity contribution in [1.29, 1.82) is 0 Å². The molecule has 1 N–H and O–H groups in total. The SMILES string of the molecule is CCNC(CC1CC2CCC1C2)c1cc(C)c(C)s1. The number of nitrogens with one attached hydrogen (secondary N) is 1. The molecule has 106 valence electrons. The molecule has 0 spiro atoms. The van der Waals surface area contributed by atoms with E-state index in [9.17, 15) is 0 Å². The van der Waals surface area contributed by atoms with Crippen molar-refractivity contribution in [2.24, 2.45) is 17.8 Å². The molecule has 0 amide bonds. The number of fused-ring (bicyclic) bond motifs is 2. The molecule has 4 atom stereocenters. The van der Waals surface area contributed by atoms with Crippen LogP contribution in [0.4, 0.5) is 0 Å². The van der Waals surface area contributed by atoms with Crippen LogP contribution in [0.25, 0.3) is 0 Å². The van der Waals surface area contributed by atoms with Crippen LogP contribution < -0.4 is 5.32 Å². The molecule has 0 aromatic carbocycles. The first-order chi connectivity index (χ1) is 9.17. The van der Waals surface area contributed by atoms with Gasteiger partial charge in [-0.15, -0.1) is 11.3 Å². The van der Waals surface area contributed by atoms with Crippen molar-refractivity contribution in [3.8, 4) is 0 Å². The van der Waals surface area contributed by atoms with E-state index in [1.165, 1.54) is 42.5 Å². The molecular weight excluding hydrogens is 250 g/mol. The van der Waals surface area contributed by atoms with Crippen LogP contribution in [-0.2, 0) is 0 Å². The monoisotopic (exact) mass is 277 g/mol. The highest BCUT2D eigenvalue weighted by Crippen LogP contribution is 2.51. The molecular formula is C17H27NS. The lowest BCUT2D eigenvalue weighted by Crippen LogP contribution is -2.24. The molecule has 2 aliphatic rings. The quantitative estimate of drug-likeness (QED) is 0.812. The Bertz CT molecular complexity index is 417. The Morgan fingerprint density at radius 1 is 1.32 bits per heavy atom. The number of aryl methyl sites for hydroxylation is 2. The first-order valence-corrected chi connectivity index (χ1v) is 8.79. The van der Waals surface area contributed by atoms with E-state index >= 15 is 0 Å². The Kier molecular flexibility index (Phi) is 4.00. The van der Waals surface area contributed by atoms with Gasteiger partial charge in [-0.1, -0.05) is 13.3 Å². The van der Waals surface area contributed by atoms with E-state index in [0.717, 1.165) is 24.3 Å². The van der Waals surface area contributed by atoms with Crippen molar-refractivity contribution < 1.29 is 0 Å². The summed E-state index contributed by atoms with van der Waals surface area (Å²) in [6.45, 7) is 7.82. The van der Waals surface area contributed by atoms with Crippen molar-refractivity contribution in [3.63, 3.8) is 0 Å². The molecule has 1 aromatic rings. The van der Waals surface area contributed by atoms with Crippen molar-refractivity contribution in [1.82, 2.24) is 5.32 Å². The first-order valence-electron chi connectivity index (χ1n) is 7.97. The minimum atomic E-state index is 0.603. The highest BCUT2D eigenvalue weighted by Gasteiger charge is 2.40. The highest BCUT2D eigenvalue weighted by atomic mass is 32.1. The number of thiophene rings is 1. The second kappa shape index (κ2) is 5.57. The summed E-state index contributed by atoms with van der Waals surface area (Å²) in [6, 6.07) is 3.02. The van der Waals surface area contributed by atoms with Gasteiger partial charge in [-0.2, -0.15) is 0 Å². The van der Waals surface area contributed by atoms with E-state index in [1.54, 1.807) is 4.88 Å². The van der Waals surface area contributed by atoms with Crippen LogP contribution in [0.3, 0.4) is 0 Å². The normalized spacial score (nSPS) is 31.0. The van der Waals surface area contributed by atoms with E-state index in [4.69, 9.17) is 0 Å². The summed E-state index contributed by atoms with van der Waals surface area (Å²) in [4.78, 5) is 3.06. The Balaban J connectivity index is 1.70. The summed E-state index contributed by atoms with van der Waals surface area (Å²) in [5.41, 5.74) is 1.47. The third-order valence-electron chi connectivity index (χ3n) is 5.40. The molecule has 2 heteroatoms. The molecule has 0 saturated heterocycles. The second-order valence-corrected chi connectivity index (χ2v) is 7.96. The zero-order chi connectivity index (χ0) is 13.4. The molecule has 2 aliphatic carbocycles. The average molecular weight is 277 g/mol. The molecule has 1 nitrogen and oxygen atoms in total. The van der Waals surface area contributed by atoms with Gasteiger partial charge in [-0.3, -0.25) is 0 Å². The summed E-state index contributed by atoms with van der Waals surface area (Å²) in [5.74, 6) is 3.11. The fourth-order valence-corrected chi connectivity index (χ4v) is 5.42. The van der Waals surface area contributed by atoms with Crippen molar-refractivity contribution in [3.05, 3.63) is 21.4 Å². The van der Waals surface area contributed by atoms with E-state index in [0.29, 0.717) is 6.04 Å². The topological polar surface area (TPSA) is 12.0 Å². The molecule has 1 aromatic heterocycles.